The van der Waals surface area contributed by atoms with Crippen molar-refractivity contribution >= 4 is 17.5 Å². The fourth-order valence-corrected chi connectivity index (χ4v) is 3.50. The molecular weight excluding hydrogens is 232 g/mol. The molecule has 0 aromatic heterocycles. The number of carbonyl (C=O) groups is 1. The third-order valence-electron chi connectivity index (χ3n) is 3.26. The van der Waals surface area contributed by atoms with Crippen molar-refractivity contribution in [2.24, 2.45) is 0 Å². The average Bonchev–Trinajstić information content (AvgIpc) is 2.80. The second-order valence-electron chi connectivity index (χ2n) is 4.62. The highest BCUT2D eigenvalue weighted by Crippen LogP contribution is 2.33. The van der Waals surface area contributed by atoms with Crippen molar-refractivity contribution in [2.75, 3.05) is 0 Å². The van der Waals surface area contributed by atoms with Crippen LogP contribution in [0.3, 0.4) is 0 Å². The summed E-state index contributed by atoms with van der Waals surface area (Å²) in [5.74, 6) is 1.16. The SMILES string of the molecule is CC(=O)c1ccc(O)c(CSC2CCCC2)c1. The van der Waals surface area contributed by atoms with Crippen LogP contribution in [0.1, 0.15) is 48.5 Å². The molecule has 0 saturated heterocycles. The standard InChI is InChI=1S/C14H18O2S/c1-10(15)11-6-7-14(16)12(8-11)9-17-13-4-2-3-5-13/h6-8,13,16H,2-5,9H2,1H3. The van der Waals surface area contributed by atoms with Gasteiger partial charge in [-0.1, -0.05) is 12.8 Å². The van der Waals surface area contributed by atoms with Gasteiger partial charge in [-0.25, -0.2) is 0 Å². The molecule has 1 saturated carbocycles. The van der Waals surface area contributed by atoms with Crippen LogP contribution in [0.4, 0.5) is 0 Å². The summed E-state index contributed by atoms with van der Waals surface area (Å²) in [5.41, 5.74) is 1.57. The number of phenols is 1. The summed E-state index contributed by atoms with van der Waals surface area (Å²) < 4.78 is 0. The maximum Gasteiger partial charge on any atom is 0.159 e. The highest BCUT2D eigenvalue weighted by Gasteiger charge is 2.16. The van der Waals surface area contributed by atoms with Crippen molar-refractivity contribution in [3.63, 3.8) is 0 Å². The van der Waals surface area contributed by atoms with Crippen LogP contribution in [0.2, 0.25) is 0 Å². The normalized spacial score (nSPS) is 16.3. The lowest BCUT2D eigenvalue weighted by atomic mass is 10.1. The molecule has 1 aromatic rings. The fraction of sp³-hybridized carbons (Fsp3) is 0.500. The minimum atomic E-state index is 0.0529. The Kier molecular flexibility index (Phi) is 4.11. The lowest BCUT2D eigenvalue weighted by Crippen LogP contribution is -1.97. The van der Waals surface area contributed by atoms with Crippen molar-refractivity contribution in [3.8, 4) is 5.75 Å². The number of hydrogen-bond donors (Lipinski definition) is 1. The summed E-state index contributed by atoms with van der Waals surface area (Å²) in [6, 6.07) is 5.13. The quantitative estimate of drug-likeness (QED) is 0.826. The minimum absolute atomic E-state index is 0.0529. The zero-order valence-electron chi connectivity index (χ0n) is 10.1. The number of Topliss-reactive ketones (excluding diaryl/α,β-unsaturated/α-hetero) is 1. The van der Waals surface area contributed by atoms with Crippen molar-refractivity contribution < 1.29 is 9.90 Å². The van der Waals surface area contributed by atoms with Gasteiger partial charge in [0.2, 0.25) is 0 Å². The Hall–Kier alpha value is -0.960. The van der Waals surface area contributed by atoms with Crippen LogP contribution in [0.25, 0.3) is 0 Å². The molecule has 2 nitrogen and oxygen atoms in total. The summed E-state index contributed by atoms with van der Waals surface area (Å²) in [6.45, 7) is 1.56. The van der Waals surface area contributed by atoms with Gasteiger partial charge in [0.25, 0.3) is 0 Å². The van der Waals surface area contributed by atoms with E-state index in [1.54, 1.807) is 19.1 Å². The Balaban J connectivity index is 2.03. The summed E-state index contributed by atoms with van der Waals surface area (Å²) in [7, 11) is 0. The molecule has 0 radical (unpaired) electrons. The molecule has 0 unspecified atom stereocenters. The number of phenolic OH excluding ortho intramolecular Hbond substituents is 1. The van der Waals surface area contributed by atoms with E-state index in [1.807, 2.05) is 17.8 Å². The van der Waals surface area contributed by atoms with Gasteiger partial charge in [0.15, 0.2) is 5.78 Å². The predicted octanol–water partition coefficient (Wildman–Crippen LogP) is 3.77. The van der Waals surface area contributed by atoms with E-state index in [0.717, 1.165) is 16.6 Å². The molecule has 0 bridgehead atoms. The summed E-state index contributed by atoms with van der Waals surface area (Å²) in [5, 5.41) is 10.5. The van der Waals surface area contributed by atoms with Crippen LogP contribution in [0.15, 0.2) is 18.2 Å². The summed E-state index contributed by atoms with van der Waals surface area (Å²) in [6.07, 6.45) is 5.24. The maximum absolute atomic E-state index is 11.3. The third kappa shape index (κ3) is 3.25. The van der Waals surface area contributed by atoms with Crippen molar-refractivity contribution in [2.45, 2.75) is 43.6 Å². The van der Waals surface area contributed by atoms with Gasteiger partial charge in [0.1, 0.15) is 5.75 Å². The average molecular weight is 250 g/mol. The first kappa shape index (κ1) is 12.5. The van der Waals surface area contributed by atoms with E-state index < -0.39 is 0 Å². The van der Waals surface area contributed by atoms with Crippen LogP contribution in [0, 0.1) is 0 Å². The van der Waals surface area contributed by atoms with Crippen LogP contribution in [0.5, 0.6) is 5.75 Å². The molecule has 0 amide bonds. The largest absolute Gasteiger partial charge is 0.508 e. The van der Waals surface area contributed by atoms with Crippen LogP contribution >= 0.6 is 11.8 Å². The molecule has 92 valence electrons. The number of benzene rings is 1. The van der Waals surface area contributed by atoms with E-state index in [2.05, 4.69) is 0 Å². The van der Waals surface area contributed by atoms with E-state index >= 15 is 0 Å². The molecule has 1 N–H and O–H groups in total. The zero-order valence-corrected chi connectivity index (χ0v) is 10.9. The van der Waals surface area contributed by atoms with Gasteiger partial charge in [0, 0.05) is 22.1 Å². The van der Waals surface area contributed by atoms with Crippen LogP contribution in [-0.2, 0) is 5.75 Å². The number of hydrogen-bond acceptors (Lipinski definition) is 3. The molecule has 2 rings (SSSR count). The lowest BCUT2D eigenvalue weighted by Gasteiger charge is -2.10. The fourth-order valence-electron chi connectivity index (χ4n) is 2.18. The number of ketones is 1. The van der Waals surface area contributed by atoms with Gasteiger partial charge in [0.05, 0.1) is 0 Å². The van der Waals surface area contributed by atoms with Crippen molar-refractivity contribution in [1.29, 1.82) is 0 Å². The Morgan fingerprint density at radius 2 is 2.12 bits per heavy atom. The second kappa shape index (κ2) is 5.58. The topological polar surface area (TPSA) is 37.3 Å². The molecule has 3 heteroatoms. The Morgan fingerprint density at radius 1 is 1.41 bits per heavy atom. The molecule has 0 spiro atoms. The Labute approximate surface area is 106 Å². The molecule has 1 fully saturated rings. The van der Waals surface area contributed by atoms with Gasteiger partial charge in [-0.2, -0.15) is 11.8 Å². The van der Waals surface area contributed by atoms with Gasteiger partial charge < -0.3 is 5.11 Å². The first-order valence-corrected chi connectivity index (χ1v) is 7.16. The van der Waals surface area contributed by atoms with Crippen LogP contribution < -0.4 is 0 Å². The molecular formula is C14H18O2S. The van der Waals surface area contributed by atoms with Gasteiger partial charge >= 0.3 is 0 Å². The minimum Gasteiger partial charge on any atom is -0.508 e. The Bertz CT molecular complexity index is 409. The molecule has 0 heterocycles. The van der Waals surface area contributed by atoms with Gasteiger partial charge in [-0.15, -0.1) is 0 Å². The Morgan fingerprint density at radius 3 is 2.76 bits per heavy atom. The summed E-state index contributed by atoms with van der Waals surface area (Å²) >= 11 is 1.90. The molecule has 1 aromatic carbocycles. The molecule has 1 aliphatic carbocycles. The zero-order chi connectivity index (χ0) is 12.3. The van der Waals surface area contributed by atoms with E-state index in [0.29, 0.717) is 11.3 Å². The van der Waals surface area contributed by atoms with E-state index in [9.17, 15) is 9.90 Å². The van der Waals surface area contributed by atoms with E-state index in [-0.39, 0.29) is 5.78 Å². The first-order valence-electron chi connectivity index (χ1n) is 6.11. The van der Waals surface area contributed by atoms with E-state index in [4.69, 9.17) is 0 Å². The first-order chi connectivity index (χ1) is 8.16. The number of rotatable bonds is 4. The van der Waals surface area contributed by atoms with Gasteiger partial charge in [-0.05, 0) is 38.0 Å². The third-order valence-corrected chi connectivity index (χ3v) is 4.68. The number of thioether (sulfide) groups is 1. The monoisotopic (exact) mass is 250 g/mol. The second-order valence-corrected chi connectivity index (χ2v) is 5.91. The molecule has 1 aliphatic rings. The maximum atomic E-state index is 11.3. The van der Waals surface area contributed by atoms with E-state index in [1.165, 1.54) is 25.7 Å². The van der Waals surface area contributed by atoms with Crippen molar-refractivity contribution in [1.82, 2.24) is 0 Å². The van der Waals surface area contributed by atoms with Crippen molar-refractivity contribution in [3.05, 3.63) is 29.3 Å². The molecule has 0 aliphatic heterocycles. The number of aromatic hydroxyl groups is 1. The summed E-state index contributed by atoms with van der Waals surface area (Å²) in [4.78, 5) is 11.3. The molecule has 17 heavy (non-hydrogen) atoms. The highest BCUT2D eigenvalue weighted by atomic mass is 32.2. The highest BCUT2D eigenvalue weighted by molar-refractivity contribution is 7.99. The van der Waals surface area contributed by atoms with Gasteiger partial charge in [-0.3, -0.25) is 4.79 Å². The van der Waals surface area contributed by atoms with Crippen LogP contribution in [-0.4, -0.2) is 16.1 Å². The lowest BCUT2D eigenvalue weighted by molar-refractivity contribution is 0.101. The smallest absolute Gasteiger partial charge is 0.159 e. The number of carbonyl (C=O) groups excluding carboxylic acids is 1. The molecule has 0 atom stereocenters. The predicted molar refractivity (Wildman–Crippen MR) is 71.7 cm³/mol.